The van der Waals surface area contributed by atoms with E-state index in [4.69, 9.17) is 11.5 Å². The molecule has 8 N–H and O–H groups in total. The molecule has 0 rings (SSSR count). The number of rotatable bonds is 13. The van der Waals surface area contributed by atoms with Crippen molar-refractivity contribution in [3.63, 3.8) is 0 Å². The first kappa shape index (κ1) is 27.3. The van der Waals surface area contributed by atoms with Crippen LogP contribution in [0.2, 0.25) is 0 Å². The number of nitrogens with one attached hydrogen (secondary N) is 3. The molecule has 0 aromatic rings. The molecule has 0 radical (unpaired) electrons. The van der Waals surface area contributed by atoms with E-state index >= 15 is 0 Å². The zero-order chi connectivity index (χ0) is 23.6. The quantitative estimate of drug-likeness (QED) is 0.212. The molecular formula is C19H35N5O6. The lowest BCUT2D eigenvalue weighted by Gasteiger charge is -2.28. The van der Waals surface area contributed by atoms with Gasteiger partial charge in [0.05, 0.1) is 12.5 Å². The Balaban J connectivity index is 5.51. The van der Waals surface area contributed by atoms with Gasteiger partial charge < -0.3 is 32.5 Å². The number of amides is 4. The third-order valence-corrected chi connectivity index (χ3v) is 4.57. The second-order valence-electron chi connectivity index (χ2n) is 7.92. The maximum Gasteiger partial charge on any atom is 0.326 e. The summed E-state index contributed by atoms with van der Waals surface area (Å²) in [5.74, 6) is -4.43. The molecule has 5 unspecified atom stereocenters. The summed E-state index contributed by atoms with van der Waals surface area (Å²) in [5, 5.41) is 16.6. The van der Waals surface area contributed by atoms with Gasteiger partial charge in [0.2, 0.25) is 23.6 Å². The molecule has 30 heavy (non-hydrogen) atoms. The second-order valence-corrected chi connectivity index (χ2v) is 7.92. The van der Waals surface area contributed by atoms with E-state index in [1.54, 1.807) is 13.8 Å². The molecule has 172 valence electrons. The van der Waals surface area contributed by atoms with Gasteiger partial charge in [-0.25, -0.2) is 4.79 Å². The monoisotopic (exact) mass is 429 g/mol. The summed E-state index contributed by atoms with van der Waals surface area (Å²) in [5.41, 5.74) is 10.6. The third-order valence-electron chi connectivity index (χ3n) is 4.57. The zero-order valence-corrected chi connectivity index (χ0v) is 18.2. The van der Waals surface area contributed by atoms with Gasteiger partial charge in [0.1, 0.15) is 18.1 Å². The Kier molecular flexibility index (Phi) is 11.6. The van der Waals surface area contributed by atoms with E-state index in [9.17, 15) is 29.1 Å². The van der Waals surface area contributed by atoms with E-state index in [1.165, 1.54) is 6.92 Å². The van der Waals surface area contributed by atoms with Crippen LogP contribution < -0.4 is 27.4 Å². The summed E-state index contributed by atoms with van der Waals surface area (Å²) in [6.07, 6.45) is 0.244. The Bertz CT molecular complexity index is 637. The minimum Gasteiger partial charge on any atom is -0.480 e. The molecule has 0 aromatic carbocycles. The van der Waals surface area contributed by atoms with Gasteiger partial charge in [-0.05, 0) is 25.2 Å². The van der Waals surface area contributed by atoms with Gasteiger partial charge in [-0.1, -0.05) is 34.1 Å². The number of carbonyl (C=O) groups is 5. The molecule has 0 aliphatic heterocycles. The molecule has 0 aliphatic carbocycles. The van der Waals surface area contributed by atoms with Crippen molar-refractivity contribution < 1.29 is 29.1 Å². The topological polar surface area (TPSA) is 194 Å². The Morgan fingerprint density at radius 1 is 0.867 bits per heavy atom. The van der Waals surface area contributed by atoms with Crippen LogP contribution in [0, 0.1) is 11.8 Å². The molecule has 4 amide bonds. The van der Waals surface area contributed by atoms with Gasteiger partial charge in [-0.15, -0.1) is 0 Å². The van der Waals surface area contributed by atoms with Crippen LogP contribution in [0.5, 0.6) is 0 Å². The van der Waals surface area contributed by atoms with Gasteiger partial charge in [-0.3, -0.25) is 19.2 Å². The van der Waals surface area contributed by atoms with Crippen LogP contribution >= 0.6 is 0 Å². The average molecular weight is 430 g/mol. The minimum atomic E-state index is -1.51. The zero-order valence-electron chi connectivity index (χ0n) is 18.2. The normalized spacial score (nSPS) is 16.0. The highest BCUT2D eigenvalue weighted by Crippen LogP contribution is 2.11. The summed E-state index contributed by atoms with van der Waals surface area (Å²) >= 11 is 0. The highest BCUT2D eigenvalue weighted by atomic mass is 16.4. The molecular weight excluding hydrogens is 394 g/mol. The first-order chi connectivity index (χ1) is 13.8. The third kappa shape index (κ3) is 9.68. The van der Waals surface area contributed by atoms with Crippen molar-refractivity contribution in [3.8, 4) is 0 Å². The summed E-state index contributed by atoms with van der Waals surface area (Å²) in [4.78, 5) is 59.9. The molecule has 0 aliphatic rings. The van der Waals surface area contributed by atoms with Gasteiger partial charge >= 0.3 is 5.97 Å². The molecule has 0 saturated heterocycles. The fraction of sp³-hybridized carbons (Fsp3) is 0.737. The number of hydrogen-bond acceptors (Lipinski definition) is 6. The fourth-order valence-electron chi connectivity index (χ4n) is 2.62. The highest BCUT2D eigenvalue weighted by Gasteiger charge is 2.33. The number of aliphatic carboxylic acids is 1. The molecule has 0 heterocycles. The summed E-state index contributed by atoms with van der Waals surface area (Å²) in [6, 6.07) is -4.31. The number of carboxylic acid groups (broad SMARTS) is 1. The van der Waals surface area contributed by atoms with Gasteiger partial charge in [0, 0.05) is 0 Å². The van der Waals surface area contributed by atoms with Gasteiger partial charge in [0.25, 0.3) is 0 Å². The van der Waals surface area contributed by atoms with Gasteiger partial charge in [0.15, 0.2) is 0 Å². The number of nitrogens with two attached hydrogens (primary N) is 2. The summed E-state index contributed by atoms with van der Waals surface area (Å²) in [7, 11) is 0. The number of carboxylic acids is 1. The summed E-state index contributed by atoms with van der Waals surface area (Å²) < 4.78 is 0. The first-order valence-corrected chi connectivity index (χ1v) is 9.97. The second kappa shape index (κ2) is 12.8. The van der Waals surface area contributed by atoms with Crippen LogP contribution in [0.3, 0.4) is 0 Å². The molecule has 0 bridgehead atoms. The van der Waals surface area contributed by atoms with Crippen molar-refractivity contribution in [3.05, 3.63) is 0 Å². The average Bonchev–Trinajstić information content (AvgIpc) is 2.62. The lowest BCUT2D eigenvalue weighted by molar-refractivity contribution is -0.144. The van der Waals surface area contributed by atoms with E-state index in [2.05, 4.69) is 16.0 Å². The Hall–Kier alpha value is -2.69. The number of carbonyl (C=O) groups excluding carboxylic acids is 4. The molecule has 5 atom stereocenters. The van der Waals surface area contributed by atoms with E-state index in [1.807, 2.05) is 13.8 Å². The van der Waals surface area contributed by atoms with Crippen molar-refractivity contribution in [2.75, 3.05) is 0 Å². The van der Waals surface area contributed by atoms with E-state index in [0.717, 1.165) is 0 Å². The highest BCUT2D eigenvalue weighted by molar-refractivity contribution is 5.94. The molecule has 0 aromatic heterocycles. The predicted molar refractivity (Wildman–Crippen MR) is 110 cm³/mol. The maximum atomic E-state index is 12.8. The van der Waals surface area contributed by atoms with Crippen LogP contribution in [0.25, 0.3) is 0 Å². The Morgan fingerprint density at radius 3 is 1.80 bits per heavy atom. The van der Waals surface area contributed by atoms with Crippen LogP contribution in [-0.4, -0.2) is 58.9 Å². The maximum absolute atomic E-state index is 12.8. The molecule has 0 saturated carbocycles. The lowest BCUT2D eigenvalue weighted by atomic mass is 9.96. The van der Waals surface area contributed by atoms with Crippen molar-refractivity contribution in [1.29, 1.82) is 0 Å². The minimum absolute atomic E-state index is 0.0666. The Labute approximate surface area is 176 Å². The SMILES string of the molecule is CCC(C)C(NC(=O)C(CC(C)C)NC(=O)C(C)N)C(=O)NC(CC(N)=O)C(=O)O. The summed E-state index contributed by atoms with van der Waals surface area (Å²) in [6.45, 7) is 8.75. The van der Waals surface area contributed by atoms with Gasteiger partial charge in [-0.2, -0.15) is 0 Å². The molecule has 0 fully saturated rings. The van der Waals surface area contributed by atoms with Crippen LogP contribution in [0.1, 0.15) is 53.9 Å². The molecule has 0 spiro atoms. The molecule has 11 heteroatoms. The van der Waals surface area contributed by atoms with Crippen molar-refractivity contribution in [1.82, 2.24) is 16.0 Å². The standard InChI is InChI=1S/C19H35N5O6/c1-6-10(4)15(18(28)23-13(19(29)30)8-14(21)25)24-17(27)12(7-9(2)3)22-16(26)11(5)20/h9-13,15H,6-8,20H2,1-5H3,(H2,21,25)(H,22,26)(H,23,28)(H,24,27)(H,29,30). The van der Waals surface area contributed by atoms with Crippen molar-refractivity contribution in [2.24, 2.45) is 23.3 Å². The van der Waals surface area contributed by atoms with Crippen molar-refractivity contribution >= 4 is 29.6 Å². The Morgan fingerprint density at radius 2 is 1.40 bits per heavy atom. The fourth-order valence-corrected chi connectivity index (χ4v) is 2.62. The van der Waals surface area contributed by atoms with Crippen molar-refractivity contribution in [2.45, 2.75) is 78.0 Å². The van der Waals surface area contributed by atoms with Crippen LogP contribution in [0.15, 0.2) is 0 Å². The number of primary amides is 1. The molecule has 11 nitrogen and oxygen atoms in total. The van der Waals surface area contributed by atoms with Crippen LogP contribution in [0.4, 0.5) is 0 Å². The van der Waals surface area contributed by atoms with Crippen LogP contribution in [-0.2, 0) is 24.0 Å². The lowest BCUT2D eigenvalue weighted by Crippen LogP contribution is -2.59. The van der Waals surface area contributed by atoms with E-state index in [-0.39, 0.29) is 11.8 Å². The number of hydrogen-bond donors (Lipinski definition) is 6. The largest absolute Gasteiger partial charge is 0.480 e. The van der Waals surface area contributed by atoms with E-state index < -0.39 is 60.2 Å². The first-order valence-electron chi connectivity index (χ1n) is 9.97. The predicted octanol–water partition coefficient (Wildman–Crippen LogP) is -1.16. The van der Waals surface area contributed by atoms with E-state index in [0.29, 0.717) is 12.8 Å². The smallest absolute Gasteiger partial charge is 0.326 e.